The Bertz CT molecular complexity index is 421. The summed E-state index contributed by atoms with van der Waals surface area (Å²) < 4.78 is 1.83. The van der Waals surface area contributed by atoms with Crippen molar-refractivity contribution in [2.75, 3.05) is 7.05 Å². The molecule has 0 spiro atoms. The quantitative estimate of drug-likeness (QED) is 0.849. The zero-order valence-corrected chi connectivity index (χ0v) is 10.4. The zero-order chi connectivity index (χ0) is 11.4. The molecule has 2 aromatic heterocycles. The van der Waals surface area contributed by atoms with Gasteiger partial charge in [-0.15, -0.1) is 11.3 Å². The van der Waals surface area contributed by atoms with E-state index in [1.54, 1.807) is 17.7 Å². The number of nitrogens with zero attached hydrogens (tertiary/aromatic N) is 3. The van der Waals surface area contributed by atoms with Crippen LogP contribution in [0.1, 0.15) is 10.7 Å². The molecule has 0 saturated carbocycles. The van der Waals surface area contributed by atoms with Gasteiger partial charge in [0.1, 0.15) is 12.2 Å². The Kier molecular flexibility index (Phi) is 3.69. The van der Waals surface area contributed by atoms with Crippen molar-refractivity contribution < 1.29 is 0 Å². The van der Waals surface area contributed by atoms with E-state index < -0.39 is 0 Å². The number of aromatic nitrogens is 3. The highest BCUT2D eigenvalue weighted by Crippen LogP contribution is 2.12. The molecule has 1 N–H and O–H groups in total. The number of hydrogen-bond acceptors (Lipinski definition) is 4. The summed E-state index contributed by atoms with van der Waals surface area (Å²) in [5.41, 5.74) is 0. The van der Waals surface area contributed by atoms with Crippen molar-refractivity contribution in [3.8, 4) is 0 Å². The summed E-state index contributed by atoms with van der Waals surface area (Å²) in [5.74, 6) is 1.02. The minimum atomic E-state index is 0.418. The first-order valence-corrected chi connectivity index (χ1v) is 6.20. The van der Waals surface area contributed by atoms with Crippen LogP contribution in [0.3, 0.4) is 0 Å². The molecule has 0 amide bonds. The molecule has 0 radical (unpaired) electrons. The van der Waals surface area contributed by atoms with Gasteiger partial charge in [0.25, 0.3) is 0 Å². The fraction of sp³-hybridized carbons (Fsp3) is 0.455. The number of likely N-dealkylation sites (N-methyl/N-ethyl adjacent to an activating group) is 1. The molecule has 1 unspecified atom stereocenters. The van der Waals surface area contributed by atoms with Gasteiger partial charge in [-0.25, -0.2) is 4.98 Å². The van der Waals surface area contributed by atoms with Gasteiger partial charge in [-0.2, -0.15) is 5.10 Å². The lowest BCUT2D eigenvalue weighted by atomic mass is 10.1. The molecule has 16 heavy (non-hydrogen) atoms. The van der Waals surface area contributed by atoms with Crippen molar-refractivity contribution in [1.82, 2.24) is 20.1 Å². The fourth-order valence-electron chi connectivity index (χ4n) is 1.67. The van der Waals surface area contributed by atoms with E-state index >= 15 is 0 Å². The highest BCUT2D eigenvalue weighted by Gasteiger charge is 2.12. The topological polar surface area (TPSA) is 42.7 Å². The van der Waals surface area contributed by atoms with Crippen molar-refractivity contribution >= 4 is 11.3 Å². The first-order valence-electron chi connectivity index (χ1n) is 5.32. The van der Waals surface area contributed by atoms with Gasteiger partial charge in [0.2, 0.25) is 0 Å². The SMILES string of the molecule is CNC(Cc1cccs1)Cc1ncnn1C. The standard InChI is InChI=1S/C11H16N4S/c1-12-9(6-10-4-3-5-16-10)7-11-13-8-14-15(11)2/h3-5,8-9,12H,6-7H2,1-2H3. The lowest BCUT2D eigenvalue weighted by molar-refractivity contribution is 0.529. The summed E-state index contributed by atoms with van der Waals surface area (Å²) in [7, 11) is 3.93. The second-order valence-electron chi connectivity index (χ2n) is 3.77. The average Bonchev–Trinajstić information content (AvgIpc) is 2.90. The van der Waals surface area contributed by atoms with Gasteiger partial charge < -0.3 is 5.32 Å². The van der Waals surface area contributed by atoms with Gasteiger partial charge in [-0.3, -0.25) is 4.68 Å². The van der Waals surface area contributed by atoms with Crippen molar-refractivity contribution in [3.05, 3.63) is 34.5 Å². The summed E-state index contributed by atoms with van der Waals surface area (Å²) in [6, 6.07) is 4.68. The van der Waals surface area contributed by atoms with E-state index in [0.717, 1.165) is 18.7 Å². The lowest BCUT2D eigenvalue weighted by Gasteiger charge is -2.14. The van der Waals surface area contributed by atoms with Gasteiger partial charge >= 0.3 is 0 Å². The van der Waals surface area contributed by atoms with Crippen LogP contribution in [0.25, 0.3) is 0 Å². The van der Waals surface area contributed by atoms with Crippen molar-refractivity contribution in [3.63, 3.8) is 0 Å². The molecule has 0 aromatic carbocycles. The maximum Gasteiger partial charge on any atom is 0.138 e. The van der Waals surface area contributed by atoms with Gasteiger partial charge in [0.05, 0.1) is 0 Å². The maximum atomic E-state index is 4.25. The normalized spacial score (nSPS) is 12.9. The van der Waals surface area contributed by atoms with Crippen LogP contribution in [-0.2, 0) is 19.9 Å². The Morgan fingerprint density at radius 1 is 1.50 bits per heavy atom. The van der Waals surface area contributed by atoms with Crippen LogP contribution in [0.5, 0.6) is 0 Å². The molecule has 2 rings (SSSR count). The predicted molar refractivity (Wildman–Crippen MR) is 65.6 cm³/mol. The molecule has 0 aliphatic carbocycles. The average molecular weight is 236 g/mol. The zero-order valence-electron chi connectivity index (χ0n) is 9.55. The summed E-state index contributed by atoms with van der Waals surface area (Å²) in [5, 5.41) is 9.53. The minimum Gasteiger partial charge on any atom is -0.316 e. The molecule has 4 nitrogen and oxygen atoms in total. The van der Waals surface area contributed by atoms with Crippen molar-refractivity contribution in [1.29, 1.82) is 0 Å². The maximum absolute atomic E-state index is 4.25. The second-order valence-corrected chi connectivity index (χ2v) is 4.81. The molecule has 0 fully saturated rings. The van der Waals surface area contributed by atoms with E-state index in [1.165, 1.54) is 4.88 Å². The Hall–Kier alpha value is -1.20. The highest BCUT2D eigenvalue weighted by atomic mass is 32.1. The first kappa shape index (κ1) is 11.3. The molecular weight excluding hydrogens is 220 g/mol. The third kappa shape index (κ3) is 2.68. The smallest absolute Gasteiger partial charge is 0.138 e. The second kappa shape index (κ2) is 5.23. The van der Waals surface area contributed by atoms with E-state index in [2.05, 4.69) is 32.9 Å². The van der Waals surface area contributed by atoms with Gasteiger partial charge in [0, 0.05) is 24.4 Å². The van der Waals surface area contributed by atoms with Crippen LogP contribution in [0, 0.1) is 0 Å². The van der Waals surface area contributed by atoms with Crippen LogP contribution >= 0.6 is 11.3 Å². The molecule has 0 aliphatic rings. The minimum absolute atomic E-state index is 0.418. The molecule has 2 heterocycles. The monoisotopic (exact) mass is 236 g/mol. The van der Waals surface area contributed by atoms with Gasteiger partial charge in [-0.1, -0.05) is 6.07 Å². The number of thiophene rings is 1. The van der Waals surface area contributed by atoms with E-state index in [1.807, 2.05) is 18.8 Å². The van der Waals surface area contributed by atoms with E-state index in [-0.39, 0.29) is 0 Å². The Morgan fingerprint density at radius 3 is 2.94 bits per heavy atom. The molecule has 0 aliphatic heterocycles. The fourth-order valence-corrected chi connectivity index (χ4v) is 2.46. The van der Waals surface area contributed by atoms with Crippen molar-refractivity contribution in [2.45, 2.75) is 18.9 Å². The number of nitrogens with one attached hydrogen (secondary N) is 1. The largest absolute Gasteiger partial charge is 0.316 e. The van der Waals surface area contributed by atoms with Crippen LogP contribution in [0.15, 0.2) is 23.8 Å². The molecule has 0 saturated heterocycles. The van der Waals surface area contributed by atoms with Gasteiger partial charge in [0.15, 0.2) is 0 Å². The molecule has 1 atom stereocenters. The predicted octanol–water partition coefficient (Wildman–Crippen LogP) is 1.25. The summed E-state index contributed by atoms with van der Waals surface area (Å²) in [4.78, 5) is 5.65. The third-order valence-electron chi connectivity index (χ3n) is 2.67. The molecule has 2 aromatic rings. The first-order chi connectivity index (χ1) is 7.79. The van der Waals surface area contributed by atoms with E-state index in [9.17, 15) is 0 Å². The number of aryl methyl sites for hydroxylation is 1. The van der Waals surface area contributed by atoms with Crippen LogP contribution in [-0.4, -0.2) is 27.9 Å². The number of rotatable bonds is 5. The third-order valence-corrected chi connectivity index (χ3v) is 3.57. The Labute approximate surface area is 99.3 Å². The highest BCUT2D eigenvalue weighted by molar-refractivity contribution is 7.09. The van der Waals surface area contributed by atoms with Crippen LogP contribution in [0.4, 0.5) is 0 Å². The summed E-state index contributed by atoms with van der Waals surface area (Å²) in [6.45, 7) is 0. The Balaban J connectivity index is 1.98. The van der Waals surface area contributed by atoms with Crippen LogP contribution in [0.2, 0.25) is 0 Å². The molecule has 86 valence electrons. The summed E-state index contributed by atoms with van der Waals surface area (Å²) in [6.07, 6.45) is 3.55. The number of hydrogen-bond donors (Lipinski definition) is 1. The summed E-state index contributed by atoms with van der Waals surface area (Å²) >= 11 is 1.80. The van der Waals surface area contributed by atoms with Crippen LogP contribution < -0.4 is 5.32 Å². The van der Waals surface area contributed by atoms with Crippen molar-refractivity contribution in [2.24, 2.45) is 7.05 Å². The molecule has 5 heteroatoms. The Morgan fingerprint density at radius 2 is 2.38 bits per heavy atom. The lowest BCUT2D eigenvalue weighted by Crippen LogP contribution is -2.30. The van der Waals surface area contributed by atoms with Gasteiger partial charge in [-0.05, 0) is 24.9 Å². The van der Waals surface area contributed by atoms with E-state index in [4.69, 9.17) is 0 Å². The van der Waals surface area contributed by atoms with E-state index in [0.29, 0.717) is 6.04 Å². The molecule has 0 bridgehead atoms. The molecular formula is C11H16N4S.